The molecule has 3 N–H and O–H groups in total. The van der Waals surface area contributed by atoms with Crippen molar-refractivity contribution in [3.63, 3.8) is 0 Å². The zero-order valence-electron chi connectivity index (χ0n) is 32.1. The number of carbonyl (C=O) groups excluding carboxylic acids is 7. The molecule has 20 heteroatoms. The number of hydrogen-bond acceptors (Lipinski definition) is 12. The third-order valence-corrected chi connectivity index (χ3v) is 12.3. The van der Waals surface area contributed by atoms with E-state index in [1.54, 1.807) is 26.8 Å². The van der Waals surface area contributed by atoms with E-state index in [1.165, 1.54) is 30.2 Å². The van der Waals surface area contributed by atoms with E-state index >= 15 is 0 Å². The van der Waals surface area contributed by atoms with Gasteiger partial charge in [0.1, 0.15) is 35.1 Å². The van der Waals surface area contributed by atoms with Crippen LogP contribution in [0.1, 0.15) is 70.4 Å². The van der Waals surface area contributed by atoms with Gasteiger partial charge < -0.3 is 34.6 Å². The highest BCUT2D eigenvalue weighted by Crippen LogP contribution is 2.45. The van der Waals surface area contributed by atoms with E-state index < -0.39 is 111 Å². The Bertz CT molecular complexity index is 1990. The van der Waals surface area contributed by atoms with Gasteiger partial charge in [0, 0.05) is 50.9 Å². The highest BCUT2D eigenvalue weighted by molar-refractivity contribution is 7.91. The topological polar surface area (TPSA) is 227 Å². The first-order valence-electron chi connectivity index (χ1n) is 18.7. The molecule has 3 aliphatic heterocycles. The van der Waals surface area contributed by atoms with Gasteiger partial charge in [-0.15, -0.1) is 6.58 Å². The molecule has 2 aliphatic carbocycles. The minimum absolute atomic E-state index is 0.0148. The monoisotopic (exact) mass is 818 g/mol. The highest BCUT2D eigenvalue weighted by Gasteiger charge is 2.62. The van der Waals surface area contributed by atoms with Crippen molar-refractivity contribution < 1.29 is 60.6 Å². The van der Waals surface area contributed by atoms with Gasteiger partial charge in [-0.05, 0) is 51.7 Å². The SMILES string of the molecule is C=CC1C[C@]1(NC(=O)[C@@H]1C[C@@H](OC(=O)N2Cc3cccc(F)c3C2)CN1C(=O)[C@H](CN(C)C(=O)[C@@H]1CCC(=O)O1)NC(=O)OC(C)(C)C)C(=O)NS(=O)(=O)C1CC1. The lowest BCUT2D eigenvalue weighted by Crippen LogP contribution is -2.60. The number of amides is 6. The maximum Gasteiger partial charge on any atom is 0.410 e. The summed E-state index contributed by atoms with van der Waals surface area (Å²) in [5.74, 6) is -5.11. The number of likely N-dealkylation sites (N-methyl/N-ethyl adjacent to an activating group) is 1. The smallest absolute Gasteiger partial charge is 0.410 e. The second-order valence-electron chi connectivity index (χ2n) is 16.1. The van der Waals surface area contributed by atoms with Crippen molar-refractivity contribution in [3.05, 3.63) is 47.8 Å². The molecule has 0 aromatic heterocycles. The Morgan fingerprint density at radius 3 is 2.46 bits per heavy atom. The number of benzene rings is 1. The van der Waals surface area contributed by atoms with Gasteiger partial charge in [0.25, 0.3) is 11.8 Å². The summed E-state index contributed by atoms with van der Waals surface area (Å²) in [5, 5.41) is 4.38. The average molecular weight is 819 g/mol. The summed E-state index contributed by atoms with van der Waals surface area (Å²) < 4.78 is 58.2. The van der Waals surface area contributed by atoms with Crippen LogP contribution in [0.4, 0.5) is 14.0 Å². The van der Waals surface area contributed by atoms with Crippen LogP contribution >= 0.6 is 0 Å². The zero-order valence-corrected chi connectivity index (χ0v) is 32.9. The molecule has 6 rings (SSSR count). The fourth-order valence-corrected chi connectivity index (χ4v) is 8.63. The standard InChI is InChI=1S/C37H47FN6O12S/c1-6-21-15-37(21,33(49)41-57(52,53)23-10-11-23)40-30(46)27-14-22(54-35(51)43-16-20-8-7-9-25(38)24(20)18-43)17-44(27)31(47)26(39-34(50)56-36(2,3)4)19-42(5)32(48)28-12-13-29(45)55-28/h6-9,21-23,26-28H,1,10-19H2,2-5H3,(H,39,50)(H,40,46)(H,41,49)/t21?,22-,26+,27+,28+,37-/m1/s1. The number of cyclic esters (lactones) is 1. The molecule has 4 fully saturated rings. The molecule has 0 radical (unpaired) electrons. The number of carbonyl (C=O) groups is 7. The second-order valence-corrected chi connectivity index (χ2v) is 18.1. The van der Waals surface area contributed by atoms with Crippen molar-refractivity contribution >= 4 is 51.8 Å². The predicted octanol–water partition coefficient (Wildman–Crippen LogP) is 0.974. The summed E-state index contributed by atoms with van der Waals surface area (Å²) in [4.78, 5) is 97.1. The quantitative estimate of drug-likeness (QED) is 0.152. The van der Waals surface area contributed by atoms with Crippen LogP contribution in [0.15, 0.2) is 30.9 Å². The molecular weight excluding hydrogens is 772 g/mol. The molecule has 0 bridgehead atoms. The lowest BCUT2D eigenvalue weighted by Gasteiger charge is -2.32. The van der Waals surface area contributed by atoms with Gasteiger partial charge in [-0.2, -0.15) is 0 Å². The Morgan fingerprint density at radius 2 is 1.86 bits per heavy atom. The molecule has 1 aromatic rings. The van der Waals surface area contributed by atoms with Crippen molar-refractivity contribution in [1.82, 2.24) is 30.1 Å². The van der Waals surface area contributed by atoms with Gasteiger partial charge in [-0.3, -0.25) is 33.6 Å². The van der Waals surface area contributed by atoms with E-state index in [2.05, 4.69) is 21.9 Å². The van der Waals surface area contributed by atoms with Crippen LogP contribution in [0.2, 0.25) is 0 Å². The van der Waals surface area contributed by atoms with E-state index in [1.807, 2.05) is 0 Å². The third-order valence-electron chi connectivity index (χ3n) is 10.5. The number of nitrogens with zero attached hydrogens (tertiary/aromatic N) is 3. The van der Waals surface area contributed by atoms with E-state index in [0.717, 1.165) is 9.80 Å². The summed E-state index contributed by atoms with van der Waals surface area (Å²) >= 11 is 0. The molecule has 1 unspecified atom stereocenters. The highest BCUT2D eigenvalue weighted by atomic mass is 32.2. The van der Waals surface area contributed by atoms with Crippen molar-refractivity contribution in [2.24, 2.45) is 5.92 Å². The number of hydrogen-bond donors (Lipinski definition) is 3. The normalized spacial score (nSPS) is 25.7. The molecule has 5 aliphatic rings. The van der Waals surface area contributed by atoms with Gasteiger partial charge in [0.2, 0.25) is 21.8 Å². The van der Waals surface area contributed by atoms with Crippen molar-refractivity contribution in [1.29, 1.82) is 0 Å². The first-order valence-corrected chi connectivity index (χ1v) is 20.2. The Kier molecular flexibility index (Phi) is 11.3. The number of likely N-dealkylation sites (tertiary alicyclic amines) is 1. The molecule has 6 atom stereocenters. The summed E-state index contributed by atoms with van der Waals surface area (Å²) in [6, 6.07) is 1.46. The minimum Gasteiger partial charge on any atom is -0.452 e. The maximum absolute atomic E-state index is 14.6. The second kappa shape index (κ2) is 15.6. The molecule has 6 amide bonds. The van der Waals surface area contributed by atoms with Gasteiger partial charge in [-0.25, -0.2) is 22.4 Å². The molecule has 18 nitrogen and oxygen atoms in total. The Balaban J connectivity index is 1.25. The number of rotatable bonds is 12. The lowest BCUT2D eigenvalue weighted by molar-refractivity contribution is -0.153. The summed E-state index contributed by atoms with van der Waals surface area (Å²) in [5.41, 5.74) is -1.80. The molecule has 2 saturated heterocycles. The van der Waals surface area contributed by atoms with Crippen LogP contribution < -0.4 is 15.4 Å². The van der Waals surface area contributed by atoms with Gasteiger partial charge in [0.15, 0.2) is 6.10 Å². The first-order chi connectivity index (χ1) is 26.7. The lowest BCUT2D eigenvalue weighted by atomic mass is 10.1. The van der Waals surface area contributed by atoms with Crippen molar-refractivity contribution in [3.8, 4) is 0 Å². The first kappa shape index (κ1) is 41.4. The van der Waals surface area contributed by atoms with Crippen LogP contribution in [-0.4, -0.2) is 126 Å². The van der Waals surface area contributed by atoms with Crippen LogP contribution in [-0.2, 0) is 61.3 Å². The molecule has 57 heavy (non-hydrogen) atoms. The van der Waals surface area contributed by atoms with Crippen LogP contribution in [0.3, 0.4) is 0 Å². The van der Waals surface area contributed by atoms with E-state index in [4.69, 9.17) is 14.2 Å². The van der Waals surface area contributed by atoms with Crippen LogP contribution in [0.5, 0.6) is 0 Å². The third kappa shape index (κ3) is 9.15. The fourth-order valence-electron chi connectivity index (χ4n) is 7.27. The summed E-state index contributed by atoms with van der Waals surface area (Å²) in [7, 11) is -2.67. The van der Waals surface area contributed by atoms with E-state index in [9.17, 15) is 46.4 Å². The van der Waals surface area contributed by atoms with Crippen molar-refractivity contribution in [2.75, 3.05) is 20.1 Å². The fraction of sp³-hybridized carbons (Fsp3) is 0.595. The number of nitrogens with one attached hydrogen (secondary N) is 3. The number of fused-ring (bicyclic) bond motifs is 1. The Hall–Kier alpha value is -5.27. The molecule has 310 valence electrons. The van der Waals surface area contributed by atoms with Gasteiger partial charge >= 0.3 is 18.2 Å². The average Bonchev–Trinajstić information content (AvgIpc) is 3.95. The summed E-state index contributed by atoms with van der Waals surface area (Å²) in [6.07, 6.45) is -2.09. The molecule has 0 spiro atoms. The maximum atomic E-state index is 14.6. The number of alkyl carbamates (subject to hydrolysis) is 1. The van der Waals surface area contributed by atoms with Crippen molar-refractivity contribution in [2.45, 2.75) is 113 Å². The van der Waals surface area contributed by atoms with Gasteiger partial charge in [0.05, 0.1) is 18.3 Å². The number of halogens is 1. The van der Waals surface area contributed by atoms with E-state index in [-0.39, 0.29) is 45.3 Å². The summed E-state index contributed by atoms with van der Waals surface area (Å²) in [6.45, 7) is 7.60. The molecular formula is C37H47FN6O12S. The van der Waals surface area contributed by atoms with E-state index in [0.29, 0.717) is 24.0 Å². The molecule has 3 heterocycles. The molecule has 1 aromatic carbocycles. The Labute approximate surface area is 328 Å². The zero-order chi connectivity index (χ0) is 41.6. The van der Waals surface area contributed by atoms with Crippen LogP contribution in [0.25, 0.3) is 0 Å². The van der Waals surface area contributed by atoms with Crippen LogP contribution in [0, 0.1) is 11.7 Å². The number of sulfonamides is 1. The number of esters is 1. The number of ether oxygens (including phenoxy) is 3. The molecule has 2 saturated carbocycles. The largest absolute Gasteiger partial charge is 0.452 e. The minimum atomic E-state index is -4.00. The Morgan fingerprint density at radius 1 is 1.14 bits per heavy atom. The van der Waals surface area contributed by atoms with Gasteiger partial charge in [-0.1, -0.05) is 18.2 Å². The predicted molar refractivity (Wildman–Crippen MR) is 195 cm³/mol.